The Morgan fingerprint density at radius 1 is 1.10 bits per heavy atom. The molecule has 4 heterocycles. The Balaban J connectivity index is 1.32. The van der Waals surface area contributed by atoms with Crippen LogP contribution < -0.4 is 5.32 Å². The largest absolute Gasteiger partial charge is 0.490 e. The van der Waals surface area contributed by atoms with Gasteiger partial charge in [-0.2, -0.15) is 8.62 Å². The first kappa shape index (κ1) is 33.1. The number of nitrogens with zero attached hydrogens (tertiary/aromatic N) is 5. The van der Waals surface area contributed by atoms with E-state index in [0.29, 0.717) is 5.75 Å². The molecular formula is C18H23N6O13P3S2. The van der Waals surface area contributed by atoms with E-state index in [4.69, 9.17) is 14.5 Å². The number of pyridine rings is 1. The summed E-state index contributed by atoms with van der Waals surface area (Å²) in [5, 5.41) is 13.9. The van der Waals surface area contributed by atoms with E-state index in [1.807, 2.05) is 18.2 Å². The Morgan fingerprint density at radius 2 is 1.88 bits per heavy atom. The SMILES string of the molecule is O=C(CCSSc1ccccn1)Nc1ncnc2c1ncn2C1CC(O)C(COP(=O)(O)OP(=O)(O)OP(=O)(O)O)O1. The molecule has 0 aromatic carbocycles. The van der Waals surface area contributed by atoms with Gasteiger partial charge < -0.3 is 34.7 Å². The van der Waals surface area contributed by atoms with Crippen molar-refractivity contribution in [2.45, 2.75) is 36.3 Å². The van der Waals surface area contributed by atoms with Crippen LogP contribution in [0.4, 0.5) is 5.82 Å². The molecule has 1 aliphatic heterocycles. The number of carbonyl (C=O) groups excluding carboxylic acids is 1. The molecule has 1 saturated heterocycles. The van der Waals surface area contributed by atoms with Crippen molar-refractivity contribution in [1.29, 1.82) is 0 Å². The van der Waals surface area contributed by atoms with E-state index in [1.54, 1.807) is 6.20 Å². The summed E-state index contributed by atoms with van der Waals surface area (Å²) >= 11 is 0. The van der Waals surface area contributed by atoms with Gasteiger partial charge in [0.1, 0.15) is 23.7 Å². The number of aromatic nitrogens is 5. The van der Waals surface area contributed by atoms with Gasteiger partial charge in [0.15, 0.2) is 17.0 Å². The van der Waals surface area contributed by atoms with Crippen LogP contribution in [0.15, 0.2) is 42.1 Å². The molecule has 1 fully saturated rings. The minimum absolute atomic E-state index is 0.0628. The van der Waals surface area contributed by atoms with Crippen molar-refractivity contribution in [2.24, 2.45) is 0 Å². The Bertz CT molecular complexity index is 1550. The number of phosphoric ester groups is 1. The molecule has 42 heavy (non-hydrogen) atoms. The number of aliphatic hydroxyl groups is 1. The molecule has 24 heteroatoms. The molecule has 0 bridgehead atoms. The number of hydrogen-bond donors (Lipinski definition) is 6. The van der Waals surface area contributed by atoms with Gasteiger partial charge in [-0.3, -0.25) is 13.9 Å². The van der Waals surface area contributed by atoms with Gasteiger partial charge in [-0.1, -0.05) is 16.9 Å². The topological polar surface area (TPSA) is 275 Å². The van der Waals surface area contributed by atoms with Crippen LogP contribution in [0.25, 0.3) is 11.2 Å². The van der Waals surface area contributed by atoms with E-state index in [2.05, 4.69) is 38.4 Å². The molecular weight excluding hydrogens is 665 g/mol. The number of imidazole rings is 1. The number of carbonyl (C=O) groups is 1. The predicted octanol–water partition coefficient (Wildman–Crippen LogP) is 1.98. The molecule has 0 radical (unpaired) electrons. The van der Waals surface area contributed by atoms with Crippen molar-refractivity contribution < 1.29 is 61.1 Å². The van der Waals surface area contributed by atoms with Gasteiger partial charge in [0.05, 0.1) is 19.0 Å². The highest BCUT2D eigenvalue weighted by Crippen LogP contribution is 2.66. The van der Waals surface area contributed by atoms with E-state index >= 15 is 0 Å². The fourth-order valence-corrected chi connectivity index (χ4v) is 8.39. The summed E-state index contributed by atoms with van der Waals surface area (Å²) in [7, 11) is -13.7. The van der Waals surface area contributed by atoms with Crippen molar-refractivity contribution in [3.05, 3.63) is 37.1 Å². The summed E-state index contributed by atoms with van der Waals surface area (Å²) in [6.45, 7) is -0.832. The van der Waals surface area contributed by atoms with Crippen molar-refractivity contribution in [1.82, 2.24) is 24.5 Å². The van der Waals surface area contributed by atoms with Crippen molar-refractivity contribution in [2.75, 3.05) is 17.7 Å². The first-order valence-corrected chi connectivity index (χ1v) is 18.4. The van der Waals surface area contributed by atoms with Gasteiger partial charge in [0, 0.05) is 24.8 Å². The molecule has 3 aromatic heterocycles. The highest BCUT2D eigenvalue weighted by atomic mass is 33.1. The molecule has 1 aliphatic rings. The van der Waals surface area contributed by atoms with Crippen LogP contribution in [0.3, 0.4) is 0 Å². The lowest BCUT2D eigenvalue weighted by Crippen LogP contribution is -2.26. The summed E-state index contributed by atoms with van der Waals surface area (Å²) in [4.78, 5) is 65.2. The van der Waals surface area contributed by atoms with Gasteiger partial charge >= 0.3 is 23.5 Å². The van der Waals surface area contributed by atoms with Crippen LogP contribution in [0.1, 0.15) is 19.1 Å². The van der Waals surface area contributed by atoms with Crippen LogP contribution >= 0.6 is 45.1 Å². The average molecular weight is 688 g/mol. The zero-order chi connectivity index (χ0) is 30.5. The normalized spacial score (nSPS) is 22.1. The monoisotopic (exact) mass is 688 g/mol. The fraction of sp³-hybridized carbons (Fsp3) is 0.389. The van der Waals surface area contributed by atoms with E-state index < -0.39 is 48.5 Å². The van der Waals surface area contributed by atoms with E-state index in [9.17, 15) is 33.4 Å². The Hall–Kier alpha value is -1.80. The number of ether oxygens (including phenoxy) is 1. The van der Waals surface area contributed by atoms with Gasteiger partial charge in [-0.15, -0.1) is 0 Å². The maximum absolute atomic E-state index is 12.5. The van der Waals surface area contributed by atoms with Crippen molar-refractivity contribution in [3.8, 4) is 0 Å². The minimum Gasteiger partial charge on any atom is -0.390 e. The van der Waals surface area contributed by atoms with Crippen molar-refractivity contribution >= 4 is 67.9 Å². The molecule has 5 atom stereocenters. The molecule has 5 unspecified atom stereocenters. The number of aliphatic hydroxyl groups excluding tert-OH is 1. The van der Waals surface area contributed by atoms with Crippen LogP contribution in [-0.4, -0.2) is 79.7 Å². The van der Waals surface area contributed by atoms with Gasteiger partial charge in [0.2, 0.25) is 5.91 Å². The highest BCUT2D eigenvalue weighted by Gasteiger charge is 2.43. The molecule has 3 aromatic rings. The first-order chi connectivity index (χ1) is 19.7. The maximum Gasteiger partial charge on any atom is 0.490 e. The number of fused-ring (bicyclic) bond motifs is 1. The van der Waals surface area contributed by atoms with Crippen molar-refractivity contribution in [3.63, 3.8) is 0 Å². The zero-order valence-electron chi connectivity index (χ0n) is 20.9. The lowest BCUT2D eigenvalue weighted by molar-refractivity contribution is -0.115. The van der Waals surface area contributed by atoms with E-state index in [1.165, 1.54) is 38.8 Å². The first-order valence-electron chi connectivity index (χ1n) is 11.5. The lowest BCUT2D eigenvalue weighted by atomic mass is 10.2. The summed E-state index contributed by atoms with van der Waals surface area (Å²) in [5.41, 5.74) is 0.474. The number of phosphoric acid groups is 3. The average Bonchev–Trinajstić information content (AvgIpc) is 3.48. The standard InChI is InChI=1S/C18H23N6O13P3S2/c25-11-7-15(35-12(11)8-34-39(30,31)37-40(32,33)36-38(27,28)29)24-10-22-16-17(20-9-21-18(16)24)23-13(26)4-6-41-42-14-3-1-2-5-19-14/h1-3,5,9-12,15,25H,4,6-8H2,(H,30,31)(H,32,33)(H2,27,28,29)(H,20,21,23,26). The predicted molar refractivity (Wildman–Crippen MR) is 145 cm³/mol. The molecule has 0 saturated carbocycles. The third-order valence-corrected chi connectivity index (χ3v) is 11.2. The molecule has 0 spiro atoms. The number of hydrogen-bond acceptors (Lipinski definition) is 15. The summed E-state index contributed by atoms with van der Waals surface area (Å²) in [6.07, 6.45) is 0.909. The third kappa shape index (κ3) is 9.60. The number of rotatable bonds is 14. The van der Waals surface area contributed by atoms with Crippen LogP contribution in [-0.2, 0) is 36.4 Å². The summed E-state index contributed by atoms with van der Waals surface area (Å²) in [5.74, 6) is 0.345. The van der Waals surface area contributed by atoms with Crippen LogP contribution in [0, 0.1) is 0 Å². The van der Waals surface area contributed by atoms with Crippen LogP contribution in [0.2, 0.25) is 0 Å². The zero-order valence-corrected chi connectivity index (χ0v) is 25.2. The second-order valence-electron chi connectivity index (χ2n) is 8.24. The summed E-state index contributed by atoms with van der Waals surface area (Å²) < 4.78 is 53.1. The number of amides is 1. The molecule has 6 N–H and O–H groups in total. The molecule has 4 rings (SSSR count). The molecule has 230 valence electrons. The molecule has 1 amide bonds. The van der Waals surface area contributed by atoms with Crippen LogP contribution in [0.5, 0.6) is 0 Å². The molecule has 0 aliphatic carbocycles. The Morgan fingerprint density at radius 3 is 2.60 bits per heavy atom. The minimum atomic E-state index is -5.69. The van der Waals surface area contributed by atoms with Gasteiger partial charge in [-0.05, 0) is 22.9 Å². The van der Waals surface area contributed by atoms with E-state index in [0.717, 1.165) is 5.03 Å². The Kier molecular flexibility index (Phi) is 10.9. The van der Waals surface area contributed by atoms with Gasteiger partial charge in [-0.25, -0.2) is 33.6 Å². The lowest BCUT2D eigenvalue weighted by Gasteiger charge is -2.19. The quantitative estimate of drug-likeness (QED) is 0.0802. The smallest absolute Gasteiger partial charge is 0.390 e. The maximum atomic E-state index is 12.5. The third-order valence-electron chi connectivity index (χ3n) is 5.14. The Labute approximate surface area is 244 Å². The second-order valence-corrected chi connectivity index (χ2v) is 15.1. The van der Waals surface area contributed by atoms with E-state index in [-0.39, 0.29) is 35.7 Å². The fourth-order valence-electron chi connectivity index (χ4n) is 3.49. The molecule has 19 nitrogen and oxygen atoms in total. The highest BCUT2D eigenvalue weighted by molar-refractivity contribution is 8.76. The summed E-state index contributed by atoms with van der Waals surface area (Å²) in [6, 6.07) is 5.53. The second kappa shape index (κ2) is 13.9. The number of anilines is 1. The number of nitrogens with one attached hydrogen (secondary N) is 1. The van der Waals surface area contributed by atoms with Gasteiger partial charge in [0.25, 0.3) is 0 Å².